The number of hydrogen-bond acceptors (Lipinski definition) is 6. The van der Waals surface area contributed by atoms with Crippen LogP contribution in [0.15, 0.2) is 16.5 Å². The Kier molecular flexibility index (Phi) is 6.06. The zero-order chi connectivity index (χ0) is 25.9. The lowest BCUT2D eigenvalue weighted by atomic mass is 10.1. The van der Waals surface area contributed by atoms with Gasteiger partial charge in [-0.05, 0) is 12.1 Å². The van der Waals surface area contributed by atoms with Gasteiger partial charge in [0.2, 0.25) is 15.9 Å². The van der Waals surface area contributed by atoms with E-state index in [-0.39, 0.29) is 21.0 Å². The molecule has 2 aliphatic heterocycles. The molecule has 0 spiro atoms. The highest BCUT2D eigenvalue weighted by Crippen LogP contribution is 2.38. The largest absolute Gasteiger partial charge is 0.415 e. The molecule has 2 aromatic rings. The second-order valence-electron chi connectivity index (χ2n) is 8.05. The Hall–Kier alpha value is -2.82. The Labute approximate surface area is 191 Å². The van der Waals surface area contributed by atoms with Crippen LogP contribution in [0.5, 0.6) is 0 Å². The molecule has 17 heteroatoms. The molecular formula is C18H14F8N4O4S. The van der Waals surface area contributed by atoms with Crippen molar-refractivity contribution in [2.75, 3.05) is 18.8 Å². The summed E-state index contributed by atoms with van der Waals surface area (Å²) in [7, 11) is -5.19. The lowest BCUT2D eigenvalue weighted by molar-refractivity contribution is -0.107. The van der Waals surface area contributed by atoms with E-state index in [1.807, 2.05) is 0 Å². The number of amides is 1. The zero-order valence-corrected chi connectivity index (χ0v) is 18.0. The smallest absolute Gasteiger partial charge is 0.404 e. The minimum atomic E-state index is -5.19. The van der Waals surface area contributed by atoms with Crippen molar-refractivity contribution in [2.45, 2.75) is 37.5 Å². The van der Waals surface area contributed by atoms with Crippen LogP contribution in [0.4, 0.5) is 35.1 Å². The third-order valence-corrected chi connectivity index (χ3v) is 7.23. The summed E-state index contributed by atoms with van der Waals surface area (Å²) in [5.41, 5.74) is -0.731. The van der Waals surface area contributed by atoms with Gasteiger partial charge in [0.15, 0.2) is 5.75 Å². The minimum absolute atomic E-state index is 0.0167. The number of hydrogen-bond donors (Lipinski definition) is 0. The van der Waals surface area contributed by atoms with Gasteiger partial charge in [0.25, 0.3) is 17.7 Å². The van der Waals surface area contributed by atoms with Crippen molar-refractivity contribution in [1.82, 2.24) is 19.4 Å². The maximum Gasteiger partial charge on any atom is 0.404 e. The van der Waals surface area contributed by atoms with Gasteiger partial charge in [-0.3, -0.25) is 4.79 Å². The molecule has 0 bridgehead atoms. The number of fused-ring (bicyclic) bond motifs is 1. The van der Waals surface area contributed by atoms with Crippen LogP contribution in [0.2, 0.25) is 0 Å². The van der Waals surface area contributed by atoms with Gasteiger partial charge >= 0.3 is 12.6 Å². The number of rotatable bonds is 6. The molecule has 1 aromatic heterocycles. The molecule has 8 nitrogen and oxygen atoms in total. The average molecular weight is 534 g/mol. The monoisotopic (exact) mass is 534 g/mol. The van der Waals surface area contributed by atoms with Gasteiger partial charge in [0.05, 0.1) is 6.54 Å². The van der Waals surface area contributed by atoms with Crippen molar-refractivity contribution in [3.63, 3.8) is 0 Å². The van der Waals surface area contributed by atoms with Gasteiger partial charge in [0.1, 0.15) is 5.82 Å². The molecule has 0 radical (unpaired) electrons. The number of carbonyl (C=O) groups excluding carboxylic acids is 1. The van der Waals surface area contributed by atoms with Crippen molar-refractivity contribution in [3.05, 3.63) is 35.0 Å². The Bertz CT molecular complexity index is 1260. The molecular weight excluding hydrogens is 520 g/mol. The van der Waals surface area contributed by atoms with Crippen molar-refractivity contribution >= 4 is 15.9 Å². The second kappa shape index (κ2) is 8.39. The fourth-order valence-corrected chi connectivity index (χ4v) is 5.59. The molecule has 0 aliphatic carbocycles. The van der Waals surface area contributed by atoms with Crippen LogP contribution in [0.3, 0.4) is 0 Å². The molecule has 2 aliphatic rings. The summed E-state index contributed by atoms with van der Waals surface area (Å²) in [5.74, 6) is -9.49. The molecule has 1 amide bonds. The average Bonchev–Trinajstić information content (AvgIpc) is 3.38. The summed E-state index contributed by atoms with van der Waals surface area (Å²) < 4.78 is 135. The predicted octanol–water partition coefficient (Wildman–Crippen LogP) is 3.37. The fourth-order valence-electron chi connectivity index (χ4n) is 4.02. The summed E-state index contributed by atoms with van der Waals surface area (Å²) >= 11 is 0. The van der Waals surface area contributed by atoms with Crippen LogP contribution in [0.25, 0.3) is 11.5 Å². The van der Waals surface area contributed by atoms with Crippen LogP contribution in [0, 0.1) is 5.82 Å². The van der Waals surface area contributed by atoms with Crippen LogP contribution < -0.4 is 0 Å². The summed E-state index contributed by atoms with van der Waals surface area (Å²) in [6.45, 7) is -2.71. The van der Waals surface area contributed by atoms with Crippen molar-refractivity contribution in [1.29, 1.82) is 0 Å². The van der Waals surface area contributed by atoms with Crippen LogP contribution in [-0.2, 0) is 16.6 Å². The predicted molar refractivity (Wildman–Crippen MR) is 99.3 cm³/mol. The zero-order valence-electron chi connectivity index (χ0n) is 17.2. The third kappa shape index (κ3) is 5.10. The van der Waals surface area contributed by atoms with E-state index in [1.165, 1.54) is 0 Å². The first-order chi connectivity index (χ1) is 16.1. The normalized spacial score (nSPS) is 20.8. The highest BCUT2D eigenvalue weighted by atomic mass is 32.2. The molecule has 0 unspecified atom stereocenters. The van der Waals surface area contributed by atoms with E-state index in [0.717, 1.165) is 17.0 Å². The minimum Gasteiger partial charge on any atom is -0.415 e. The summed E-state index contributed by atoms with van der Waals surface area (Å²) in [5, 5.41) is 6.44. The second-order valence-corrected chi connectivity index (χ2v) is 9.97. The number of halogens is 8. The SMILES string of the molecule is O=C1c2cc(-c3nnc(C(F)F)o3)cc(F)c2CN1C[C@H]1CC(F)(F)CN1S(=O)(=O)CC(F)(F)F. The first-order valence-electron chi connectivity index (χ1n) is 9.74. The topological polar surface area (TPSA) is 96.6 Å². The van der Waals surface area contributed by atoms with E-state index in [9.17, 15) is 48.3 Å². The molecule has 4 rings (SSSR count). The van der Waals surface area contributed by atoms with Crippen LogP contribution in [0.1, 0.15) is 34.7 Å². The quantitative estimate of drug-likeness (QED) is 0.528. The van der Waals surface area contributed by atoms with Gasteiger partial charge in [-0.15, -0.1) is 10.2 Å². The lowest BCUT2D eigenvalue weighted by Gasteiger charge is -2.27. The maximum atomic E-state index is 14.7. The Morgan fingerprint density at radius 1 is 1.20 bits per heavy atom. The highest BCUT2D eigenvalue weighted by molar-refractivity contribution is 7.89. The molecule has 192 valence electrons. The van der Waals surface area contributed by atoms with E-state index in [4.69, 9.17) is 4.42 Å². The van der Waals surface area contributed by atoms with Crippen LogP contribution in [-0.4, -0.2) is 70.7 Å². The molecule has 1 atom stereocenters. The molecule has 1 saturated heterocycles. The number of nitrogens with zero attached hydrogens (tertiary/aromatic N) is 4. The van der Waals surface area contributed by atoms with E-state index < -0.39 is 89.9 Å². The van der Waals surface area contributed by atoms with E-state index in [2.05, 4.69) is 10.2 Å². The first-order valence-corrected chi connectivity index (χ1v) is 11.3. The highest BCUT2D eigenvalue weighted by Gasteiger charge is 2.53. The van der Waals surface area contributed by atoms with Gasteiger partial charge in [-0.25, -0.2) is 21.6 Å². The molecule has 1 fully saturated rings. The number of aromatic nitrogens is 2. The number of benzene rings is 1. The fraction of sp³-hybridized carbons (Fsp3) is 0.500. The van der Waals surface area contributed by atoms with E-state index in [0.29, 0.717) is 0 Å². The lowest BCUT2D eigenvalue weighted by Crippen LogP contribution is -2.46. The molecule has 0 N–H and O–H groups in total. The number of sulfonamides is 1. The van der Waals surface area contributed by atoms with E-state index in [1.54, 1.807) is 0 Å². The third-order valence-electron chi connectivity index (χ3n) is 5.40. The summed E-state index contributed by atoms with van der Waals surface area (Å²) in [4.78, 5) is 13.6. The molecule has 1 aromatic carbocycles. The van der Waals surface area contributed by atoms with Crippen molar-refractivity contribution < 1.29 is 52.8 Å². The standard InChI is InChI=1S/C18H14F8N4O4S/c19-12-2-8(14-27-28-15(34-14)13(20)21)1-10-11(12)5-29(16(10)31)4-9-3-17(22,23)6-30(9)35(32,33)7-18(24,25)26/h1-2,9,13H,3-7H2/t9-/m1/s1. The molecule has 35 heavy (non-hydrogen) atoms. The van der Waals surface area contributed by atoms with Gasteiger partial charge in [-0.2, -0.15) is 26.3 Å². The van der Waals surface area contributed by atoms with Gasteiger partial charge in [0, 0.05) is 42.2 Å². The Balaban J connectivity index is 1.58. The van der Waals surface area contributed by atoms with Gasteiger partial charge < -0.3 is 9.32 Å². The number of carbonyl (C=O) groups is 1. The summed E-state index contributed by atoms with van der Waals surface area (Å²) in [6, 6.07) is 0.176. The van der Waals surface area contributed by atoms with Crippen LogP contribution >= 0.6 is 0 Å². The number of alkyl halides is 7. The molecule has 3 heterocycles. The van der Waals surface area contributed by atoms with Gasteiger partial charge in [-0.1, -0.05) is 0 Å². The Morgan fingerprint density at radius 3 is 2.49 bits per heavy atom. The summed E-state index contributed by atoms with van der Waals surface area (Å²) in [6.07, 6.45) is -9.43. The maximum absolute atomic E-state index is 14.7. The Morgan fingerprint density at radius 2 is 1.89 bits per heavy atom. The first kappa shape index (κ1) is 25.3. The van der Waals surface area contributed by atoms with Crippen molar-refractivity contribution in [3.8, 4) is 11.5 Å². The van der Waals surface area contributed by atoms with E-state index >= 15 is 0 Å². The van der Waals surface area contributed by atoms with Crippen molar-refractivity contribution in [2.24, 2.45) is 0 Å². The molecule has 0 saturated carbocycles.